The van der Waals surface area contributed by atoms with Gasteiger partial charge in [-0.25, -0.2) is 4.98 Å². The van der Waals surface area contributed by atoms with Gasteiger partial charge in [0, 0.05) is 18.7 Å². The number of hydrogen-bond donors (Lipinski definition) is 0. The van der Waals surface area contributed by atoms with E-state index in [0.717, 1.165) is 25.2 Å². The van der Waals surface area contributed by atoms with Gasteiger partial charge in [0.2, 0.25) is 11.8 Å². The molecule has 3 heterocycles. The number of nitrogens with zero attached hydrogens (tertiary/aromatic N) is 6. The number of likely N-dealkylation sites (tertiary alicyclic amines) is 1. The van der Waals surface area contributed by atoms with Gasteiger partial charge in [-0.3, -0.25) is 9.58 Å². The third-order valence-electron chi connectivity index (χ3n) is 4.83. The van der Waals surface area contributed by atoms with Crippen molar-refractivity contribution < 1.29 is 4.42 Å². The Balaban J connectivity index is 1.43. The number of aromatic nitrogens is 5. The maximum absolute atomic E-state index is 5.93. The molecule has 0 radical (unpaired) electrons. The molecule has 0 aliphatic carbocycles. The van der Waals surface area contributed by atoms with Gasteiger partial charge < -0.3 is 4.42 Å². The minimum Gasteiger partial charge on any atom is -0.419 e. The fourth-order valence-electron chi connectivity index (χ4n) is 3.45. The molecule has 1 aromatic carbocycles. The van der Waals surface area contributed by atoms with Crippen molar-refractivity contribution in [1.29, 1.82) is 0 Å². The number of piperidine rings is 1. The largest absolute Gasteiger partial charge is 0.419 e. The van der Waals surface area contributed by atoms with Gasteiger partial charge in [-0.15, -0.1) is 10.2 Å². The molecule has 0 amide bonds. The molecule has 1 fully saturated rings. The molecule has 7 heteroatoms. The van der Waals surface area contributed by atoms with Crippen LogP contribution in [0.2, 0.25) is 0 Å². The Hall–Kier alpha value is -2.54. The Labute approximate surface area is 146 Å². The average molecular weight is 338 g/mol. The van der Waals surface area contributed by atoms with Crippen LogP contribution >= 0.6 is 0 Å². The first-order valence-electron chi connectivity index (χ1n) is 8.75. The third kappa shape index (κ3) is 3.61. The summed E-state index contributed by atoms with van der Waals surface area (Å²) in [5, 5.41) is 12.7. The van der Waals surface area contributed by atoms with E-state index in [9.17, 15) is 0 Å². The van der Waals surface area contributed by atoms with Crippen LogP contribution in [0, 0.1) is 5.92 Å². The molecule has 0 N–H and O–H groups in total. The van der Waals surface area contributed by atoms with Gasteiger partial charge in [-0.1, -0.05) is 18.2 Å². The van der Waals surface area contributed by atoms with Crippen molar-refractivity contribution in [2.24, 2.45) is 5.92 Å². The Kier molecular flexibility index (Phi) is 4.56. The van der Waals surface area contributed by atoms with Gasteiger partial charge in [0.15, 0.2) is 0 Å². The molecule has 130 valence electrons. The smallest absolute Gasteiger partial charge is 0.247 e. The number of hydrogen-bond acceptors (Lipinski definition) is 6. The van der Waals surface area contributed by atoms with Crippen molar-refractivity contribution in [3.8, 4) is 11.5 Å². The average Bonchev–Trinajstić information content (AvgIpc) is 3.34. The summed E-state index contributed by atoms with van der Waals surface area (Å²) < 4.78 is 7.85. The summed E-state index contributed by atoms with van der Waals surface area (Å²) in [4.78, 5) is 6.45. The highest BCUT2D eigenvalue weighted by molar-refractivity contribution is 5.51. The van der Waals surface area contributed by atoms with Crippen LogP contribution in [0.4, 0.5) is 0 Å². The molecule has 0 spiro atoms. The predicted octanol–water partition coefficient (Wildman–Crippen LogP) is 2.80. The van der Waals surface area contributed by atoms with Gasteiger partial charge in [-0.05, 0) is 44.4 Å². The third-order valence-corrected chi connectivity index (χ3v) is 4.83. The van der Waals surface area contributed by atoms with E-state index in [1.54, 1.807) is 12.7 Å². The Morgan fingerprint density at radius 3 is 2.92 bits per heavy atom. The fraction of sp³-hybridized carbons (Fsp3) is 0.444. The molecule has 0 bridgehead atoms. The standard InChI is InChI=1S/C18H22N6O/c1-14(17-21-22-18(25-17)16-7-3-2-4-8-16)23-9-5-6-15(10-23)11-24-13-19-12-20-24/h2-4,7-8,12-15H,5-6,9-11H2,1H3. The highest BCUT2D eigenvalue weighted by Crippen LogP contribution is 2.28. The fourth-order valence-corrected chi connectivity index (χ4v) is 3.45. The Bertz CT molecular complexity index is 785. The van der Waals surface area contributed by atoms with Crippen LogP contribution in [0.25, 0.3) is 11.5 Å². The molecule has 3 aromatic rings. The molecule has 2 aromatic heterocycles. The monoisotopic (exact) mass is 338 g/mol. The molecule has 1 saturated heterocycles. The van der Waals surface area contributed by atoms with Gasteiger partial charge in [0.1, 0.15) is 12.7 Å². The van der Waals surface area contributed by atoms with Crippen molar-refractivity contribution in [2.75, 3.05) is 13.1 Å². The van der Waals surface area contributed by atoms with Crippen LogP contribution in [0.3, 0.4) is 0 Å². The van der Waals surface area contributed by atoms with E-state index in [4.69, 9.17) is 4.42 Å². The van der Waals surface area contributed by atoms with Crippen LogP contribution in [0.15, 0.2) is 47.4 Å². The zero-order chi connectivity index (χ0) is 17.1. The normalized spacial score (nSPS) is 19.8. The quantitative estimate of drug-likeness (QED) is 0.712. The van der Waals surface area contributed by atoms with Crippen molar-refractivity contribution in [3.63, 3.8) is 0 Å². The first-order valence-corrected chi connectivity index (χ1v) is 8.75. The second-order valence-electron chi connectivity index (χ2n) is 6.61. The van der Waals surface area contributed by atoms with Crippen LogP contribution in [0.1, 0.15) is 31.7 Å². The summed E-state index contributed by atoms with van der Waals surface area (Å²) in [5.74, 6) is 1.83. The van der Waals surface area contributed by atoms with Gasteiger partial charge >= 0.3 is 0 Å². The van der Waals surface area contributed by atoms with Crippen molar-refractivity contribution >= 4 is 0 Å². The summed E-state index contributed by atoms with van der Waals surface area (Å²) in [6, 6.07) is 10.0. The first kappa shape index (κ1) is 16.0. The van der Waals surface area contributed by atoms with Gasteiger partial charge in [-0.2, -0.15) is 5.10 Å². The molecule has 25 heavy (non-hydrogen) atoms. The minimum absolute atomic E-state index is 0.114. The SMILES string of the molecule is CC(c1nnc(-c2ccccc2)o1)N1CCCC(Cn2cncn2)C1. The summed E-state index contributed by atoms with van der Waals surface area (Å²) in [5.41, 5.74) is 0.955. The topological polar surface area (TPSA) is 72.9 Å². The van der Waals surface area contributed by atoms with E-state index in [-0.39, 0.29) is 6.04 Å². The van der Waals surface area contributed by atoms with E-state index >= 15 is 0 Å². The molecule has 4 rings (SSSR count). The maximum Gasteiger partial charge on any atom is 0.247 e. The molecule has 1 aliphatic rings. The van der Waals surface area contributed by atoms with E-state index in [0.29, 0.717) is 17.7 Å². The highest BCUT2D eigenvalue weighted by Gasteiger charge is 2.27. The van der Waals surface area contributed by atoms with Crippen LogP contribution in [-0.4, -0.2) is 43.0 Å². The van der Waals surface area contributed by atoms with Crippen LogP contribution in [0.5, 0.6) is 0 Å². The summed E-state index contributed by atoms with van der Waals surface area (Å²) >= 11 is 0. The van der Waals surface area contributed by atoms with Gasteiger partial charge in [0.25, 0.3) is 0 Å². The number of rotatable bonds is 5. The zero-order valence-corrected chi connectivity index (χ0v) is 14.3. The first-order chi connectivity index (χ1) is 12.3. The zero-order valence-electron chi connectivity index (χ0n) is 14.3. The van der Waals surface area contributed by atoms with Crippen molar-refractivity contribution in [2.45, 2.75) is 32.4 Å². The molecule has 7 nitrogen and oxygen atoms in total. The Morgan fingerprint density at radius 2 is 2.12 bits per heavy atom. The summed E-state index contributed by atoms with van der Waals surface area (Å²) in [6.07, 6.45) is 5.75. The highest BCUT2D eigenvalue weighted by atomic mass is 16.4. The second-order valence-corrected chi connectivity index (χ2v) is 6.61. The lowest BCUT2D eigenvalue weighted by Crippen LogP contribution is -2.38. The molecule has 2 unspecified atom stereocenters. The van der Waals surface area contributed by atoms with Crippen LogP contribution < -0.4 is 0 Å². The lowest BCUT2D eigenvalue weighted by molar-refractivity contribution is 0.107. The molecule has 2 atom stereocenters. The van der Waals surface area contributed by atoms with Crippen LogP contribution in [-0.2, 0) is 6.54 Å². The minimum atomic E-state index is 0.114. The molecular formula is C18H22N6O. The lowest BCUT2D eigenvalue weighted by Gasteiger charge is -2.35. The predicted molar refractivity (Wildman–Crippen MR) is 92.5 cm³/mol. The molecular weight excluding hydrogens is 316 g/mol. The van der Waals surface area contributed by atoms with Gasteiger partial charge in [0.05, 0.1) is 6.04 Å². The van der Waals surface area contributed by atoms with Crippen molar-refractivity contribution in [1.82, 2.24) is 29.9 Å². The second kappa shape index (κ2) is 7.14. The molecule has 1 aliphatic heterocycles. The molecule has 0 saturated carbocycles. The Morgan fingerprint density at radius 1 is 1.24 bits per heavy atom. The van der Waals surface area contributed by atoms with E-state index in [1.165, 1.54) is 12.8 Å². The summed E-state index contributed by atoms with van der Waals surface area (Å²) in [6.45, 7) is 5.10. The lowest BCUT2D eigenvalue weighted by atomic mass is 9.97. The maximum atomic E-state index is 5.93. The van der Waals surface area contributed by atoms with E-state index < -0.39 is 0 Å². The van der Waals surface area contributed by atoms with E-state index in [1.807, 2.05) is 35.0 Å². The van der Waals surface area contributed by atoms with Crippen molar-refractivity contribution in [3.05, 3.63) is 48.9 Å². The number of benzene rings is 1. The summed E-state index contributed by atoms with van der Waals surface area (Å²) in [7, 11) is 0. The van der Waals surface area contributed by atoms with E-state index in [2.05, 4.69) is 32.1 Å².